The van der Waals surface area contributed by atoms with Gasteiger partial charge >= 0.3 is 0 Å². The molecular weight excluding hydrogens is 370 g/mol. The molecule has 0 bridgehead atoms. The molecule has 3 aromatic rings. The normalized spacial score (nSPS) is 11.8. The van der Waals surface area contributed by atoms with Crippen molar-refractivity contribution >= 4 is 10.0 Å². The number of hydrogen-bond acceptors (Lipinski definition) is 3. The van der Waals surface area contributed by atoms with E-state index in [1.165, 1.54) is 0 Å². The topological polar surface area (TPSA) is 55.4 Å². The highest BCUT2D eigenvalue weighted by Crippen LogP contribution is 2.30. The van der Waals surface area contributed by atoms with Crippen LogP contribution in [0, 0.1) is 0 Å². The van der Waals surface area contributed by atoms with Crippen LogP contribution in [0.4, 0.5) is 0 Å². The van der Waals surface area contributed by atoms with Crippen LogP contribution in [0.2, 0.25) is 0 Å². The van der Waals surface area contributed by atoms with Gasteiger partial charge in [-0.25, -0.2) is 8.42 Å². The lowest BCUT2D eigenvalue weighted by molar-refractivity contribution is 0.407. The molecule has 0 radical (unpaired) electrons. The summed E-state index contributed by atoms with van der Waals surface area (Å²) in [4.78, 5) is 0.230. The number of rotatable bonds is 7. The molecule has 0 aliphatic heterocycles. The Balaban J connectivity index is 2.02. The minimum absolute atomic E-state index is 0.143. The van der Waals surface area contributed by atoms with Crippen molar-refractivity contribution in [1.29, 1.82) is 0 Å². The van der Waals surface area contributed by atoms with Crippen molar-refractivity contribution in [2.24, 2.45) is 0 Å². The van der Waals surface area contributed by atoms with Crippen LogP contribution in [0.25, 0.3) is 0 Å². The fraction of sp³-hybridized carbons (Fsp3) is 0.217. The highest BCUT2D eigenvalue weighted by molar-refractivity contribution is 7.89. The second-order valence-electron chi connectivity index (χ2n) is 6.93. The predicted molar refractivity (Wildman–Crippen MR) is 112 cm³/mol. The minimum Gasteiger partial charge on any atom is -0.496 e. The Morgan fingerprint density at radius 1 is 0.821 bits per heavy atom. The van der Waals surface area contributed by atoms with Crippen molar-refractivity contribution in [2.75, 3.05) is 7.11 Å². The molecule has 0 spiro atoms. The standard InChI is InChI=1S/C23H25NO3S/c1-17(2)21-16-20(14-15-22(21)27-3)28(25,26)24-23(18-10-6-4-7-11-18)19-12-8-5-9-13-19/h4-17,23-24H,1-3H3. The largest absolute Gasteiger partial charge is 0.496 e. The van der Waals surface area contributed by atoms with Gasteiger partial charge < -0.3 is 4.74 Å². The molecule has 3 rings (SSSR count). The highest BCUT2D eigenvalue weighted by atomic mass is 32.2. The average Bonchev–Trinajstić information content (AvgIpc) is 2.72. The average molecular weight is 396 g/mol. The Morgan fingerprint density at radius 3 is 1.82 bits per heavy atom. The number of methoxy groups -OCH3 is 1. The first-order chi connectivity index (χ1) is 13.4. The third-order valence-electron chi connectivity index (χ3n) is 4.67. The van der Waals surface area contributed by atoms with E-state index in [0.717, 1.165) is 16.7 Å². The zero-order valence-corrected chi connectivity index (χ0v) is 17.1. The Hall–Kier alpha value is -2.63. The maximum Gasteiger partial charge on any atom is 0.241 e. The van der Waals surface area contributed by atoms with Crippen LogP contribution >= 0.6 is 0 Å². The van der Waals surface area contributed by atoms with Crippen LogP contribution in [-0.4, -0.2) is 15.5 Å². The van der Waals surface area contributed by atoms with Crippen molar-refractivity contribution in [3.05, 3.63) is 95.6 Å². The molecule has 28 heavy (non-hydrogen) atoms. The summed E-state index contributed by atoms with van der Waals surface area (Å²) >= 11 is 0. The fourth-order valence-electron chi connectivity index (χ4n) is 3.17. The third-order valence-corrected chi connectivity index (χ3v) is 6.09. The van der Waals surface area contributed by atoms with Crippen LogP contribution in [0.3, 0.4) is 0 Å². The number of benzene rings is 3. The van der Waals surface area contributed by atoms with E-state index in [4.69, 9.17) is 4.74 Å². The smallest absolute Gasteiger partial charge is 0.241 e. The first kappa shape index (κ1) is 20.1. The van der Waals surface area contributed by atoms with E-state index < -0.39 is 16.1 Å². The van der Waals surface area contributed by atoms with Gasteiger partial charge in [-0.3, -0.25) is 0 Å². The highest BCUT2D eigenvalue weighted by Gasteiger charge is 2.24. The summed E-state index contributed by atoms with van der Waals surface area (Å²) < 4.78 is 34.7. The number of sulfonamides is 1. The van der Waals surface area contributed by atoms with E-state index in [2.05, 4.69) is 4.72 Å². The Morgan fingerprint density at radius 2 is 1.36 bits per heavy atom. The molecule has 0 atom stereocenters. The summed E-state index contributed by atoms with van der Waals surface area (Å²) in [5.74, 6) is 0.834. The summed E-state index contributed by atoms with van der Waals surface area (Å²) in [5.41, 5.74) is 2.63. The fourth-order valence-corrected chi connectivity index (χ4v) is 4.42. The molecular formula is C23H25NO3S. The lowest BCUT2D eigenvalue weighted by atomic mass is 10.00. The van der Waals surface area contributed by atoms with E-state index >= 15 is 0 Å². The molecule has 0 fully saturated rings. The summed E-state index contributed by atoms with van der Waals surface area (Å²) in [7, 11) is -2.15. The molecule has 0 aliphatic carbocycles. The van der Waals surface area contributed by atoms with Crippen molar-refractivity contribution in [2.45, 2.75) is 30.7 Å². The van der Waals surface area contributed by atoms with Crippen LogP contribution in [-0.2, 0) is 10.0 Å². The number of hydrogen-bond donors (Lipinski definition) is 1. The third kappa shape index (κ3) is 4.43. The van der Waals surface area contributed by atoms with E-state index in [-0.39, 0.29) is 10.8 Å². The zero-order chi connectivity index (χ0) is 20.1. The number of ether oxygens (including phenoxy) is 1. The molecule has 0 unspecified atom stereocenters. The van der Waals surface area contributed by atoms with Crippen LogP contribution in [0.15, 0.2) is 83.8 Å². The molecule has 3 aromatic carbocycles. The predicted octanol–water partition coefficient (Wildman–Crippen LogP) is 4.89. The molecule has 0 aromatic heterocycles. The van der Waals surface area contributed by atoms with E-state index in [0.29, 0.717) is 5.75 Å². The Labute approximate surface area is 167 Å². The first-order valence-electron chi connectivity index (χ1n) is 9.22. The minimum atomic E-state index is -3.74. The van der Waals surface area contributed by atoms with E-state index in [1.54, 1.807) is 25.3 Å². The van der Waals surface area contributed by atoms with Crippen molar-refractivity contribution < 1.29 is 13.2 Å². The van der Waals surface area contributed by atoms with Crippen LogP contribution in [0.5, 0.6) is 5.75 Å². The van der Waals surface area contributed by atoms with E-state index in [9.17, 15) is 8.42 Å². The first-order valence-corrected chi connectivity index (χ1v) is 10.7. The lowest BCUT2D eigenvalue weighted by Crippen LogP contribution is -2.29. The van der Waals surface area contributed by atoms with E-state index in [1.807, 2.05) is 74.5 Å². The van der Waals surface area contributed by atoms with Gasteiger partial charge in [0.1, 0.15) is 5.75 Å². The van der Waals surface area contributed by atoms with Gasteiger partial charge in [0.05, 0.1) is 18.0 Å². The van der Waals surface area contributed by atoms with Crippen LogP contribution < -0.4 is 9.46 Å². The molecule has 4 nitrogen and oxygen atoms in total. The van der Waals surface area contributed by atoms with Gasteiger partial charge in [0, 0.05) is 0 Å². The molecule has 146 valence electrons. The molecule has 0 heterocycles. The second-order valence-corrected chi connectivity index (χ2v) is 8.65. The summed E-state index contributed by atoms with van der Waals surface area (Å²) in [6.45, 7) is 4.02. The summed E-state index contributed by atoms with van der Waals surface area (Å²) in [6, 6.07) is 23.7. The molecule has 0 saturated heterocycles. The van der Waals surface area contributed by atoms with Gasteiger partial charge in [-0.1, -0.05) is 74.5 Å². The Kier molecular flexibility index (Phi) is 6.17. The lowest BCUT2D eigenvalue weighted by Gasteiger charge is -2.21. The molecule has 5 heteroatoms. The van der Waals surface area contributed by atoms with Gasteiger partial charge in [0.15, 0.2) is 0 Å². The van der Waals surface area contributed by atoms with Gasteiger partial charge in [0.2, 0.25) is 10.0 Å². The van der Waals surface area contributed by atoms with Crippen molar-refractivity contribution in [3.63, 3.8) is 0 Å². The second kappa shape index (κ2) is 8.59. The maximum atomic E-state index is 13.2. The van der Waals surface area contributed by atoms with Crippen molar-refractivity contribution in [3.8, 4) is 5.75 Å². The maximum absolute atomic E-state index is 13.2. The summed E-state index contributed by atoms with van der Waals surface area (Å²) in [5, 5.41) is 0. The quantitative estimate of drug-likeness (QED) is 0.620. The number of nitrogens with one attached hydrogen (secondary N) is 1. The molecule has 0 saturated carbocycles. The van der Waals surface area contributed by atoms with Crippen molar-refractivity contribution in [1.82, 2.24) is 4.72 Å². The zero-order valence-electron chi connectivity index (χ0n) is 16.3. The van der Waals surface area contributed by atoms with Gasteiger partial charge in [-0.2, -0.15) is 4.72 Å². The SMILES string of the molecule is COc1ccc(S(=O)(=O)NC(c2ccccc2)c2ccccc2)cc1C(C)C. The van der Waals surface area contributed by atoms with Gasteiger partial charge in [-0.05, 0) is 40.8 Å². The Bertz CT molecular complexity index is 977. The van der Waals surface area contributed by atoms with Gasteiger partial charge in [-0.15, -0.1) is 0 Å². The molecule has 0 amide bonds. The van der Waals surface area contributed by atoms with Crippen LogP contribution in [0.1, 0.15) is 42.5 Å². The molecule has 0 aliphatic rings. The summed E-state index contributed by atoms with van der Waals surface area (Å²) in [6.07, 6.45) is 0. The van der Waals surface area contributed by atoms with Gasteiger partial charge in [0.25, 0.3) is 0 Å². The molecule has 1 N–H and O–H groups in total. The monoisotopic (exact) mass is 395 g/mol.